The number of nitrogens with one attached hydrogen (secondary N) is 1. The third-order valence-corrected chi connectivity index (χ3v) is 4.94. The van der Waals surface area contributed by atoms with Gasteiger partial charge in [0.25, 0.3) is 0 Å². The van der Waals surface area contributed by atoms with Crippen LogP contribution in [0.2, 0.25) is 5.02 Å². The number of hydrogen-bond acceptors (Lipinski definition) is 2. The molecule has 2 aliphatic heterocycles. The molecule has 0 bridgehead atoms. The molecule has 0 aromatic heterocycles. The number of piperidine rings is 1. The Kier molecular flexibility index (Phi) is 4.11. The van der Waals surface area contributed by atoms with Gasteiger partial charge in [-0.25, -0.2) is 0 Å². The van der Waals surface area contributed by atoms with Crippen LogP contribution in [-0.4, -0.2) is 30.1 Å². The fourth-order valence-corrected chi connectivity index (χ4v) is 3.74. The number of hydrogen-bond donors (Lipinski definition) is 1. The van der Waals surface area contributed by atoms with E-state index in [1.165, 1.54) is 44.3 Å². The van der Waals surface area contributed by atoms with Crippen molar-refractivity contribution in [3.05, 3.63) is 34.9 Å². The molecule has 3 rings (SSSR count). The first-order chi connectivity index (χ1) is 9.24. The molecule has 3 atom stereocenters. The van der Waals surface area contributed by atoms with Gasteiger partial charge in [-0.05, 0) is 50.4 Å². The zero-order valence-corrected chi connectivity index (χ0v) is 12.4. The Morgan fingerprint density at radius 1 is 1.16 bits per heavy atom. The highest BCUT2D eigenvalue weighted by Gasteiger charge is 2.35. The molecule has 2 fully saturated rings. The molecule has 2 aliphatic rings. The van der Waals surface area contributed by atoms with Crippen LogP contribution in [0.15, 0.2) is 24.3 Å². The van der Waals surface area contributed by atoms with Gasteiger partial charge in [0.05, 0.1) is 0 Å². The molecule has 1 aromatic rings. The van der Waals surface area contributed by atoms with Gasteiger partial charge < -0.3 is 5.32 Å². The summed E-state index contributed by atoms with van der Waals surface area (Å²) in [6.45, 7) is 4.84. The Labute approximate surface area is 121 Å². The molecular weight excluding hydrogens is 256 g/mol. The van der Waals surface area contributed by atoms with E-state index in [0.717, 1.165) is 11.1 Å². The summed E-state index contributed by atoms with van der Waals surface area (Å²) in [7, 11) is 0. The molecular formula is C16H23ClN2. The van der Waals surface area contributed by atoms with Gasteiger partial charge in [0.2, 0.25) is 0 Å². The zero-order valence-electron chi connectivity index (χ0n) is 11.6. The van der Waals surface area contributed by atoms with E-state index >= 15 is 0 Å². The molecule has 1 aromatic carbocycles. The summed E-state index contributed by atoms with van der Waals surface area (Å²) in [6, 6.07) is 10.1. The molecule has 2 heterocycles. The van der Waals surface area contributed by atoms with E-state index in [1.54, 1.807) is 0 Å². The summed E-state index contributed by atoms with van der Waals surface area (Å²) in [5.41, 5.74) is 1.33. The van der Waals surface area contributed by atoms with E-state index in [9.17, 15) is 0 Å². The standard InChI is InChI=1S/C16H23ClN2/c1-12(13-5-7-14(17)8-6-13)18-15-9-11-19-10-3-2-4-16(15)19/h5-8,12,15-16,18H,2-4,9-11H2,1H3/t12-,15?,16?/m1/s1. The van der Waals surface area contributed by atoms with E-state index in [2.05, 4.69) is 29.3 Å². The van der Waals surface area contributed by atoms with Gasteiger partial charge in [-0.2, -0.15) is 0 Å². The summed E-state index contributed by atoms with van der Waals surface area (Å²) < 4.78 is 0. The lowest BCUT2D eigenvalue weighted by Crippen LogP contribution is -2.45. The summed E-state index contributed by atoms with van der Waals surface area (Å²) in [5.74, 6) is 0. The topological polar surface area (TPSA) is 15.3 Å². The van der Waals surface area contributed by atoms with Crippen LogP contribution in [0.3, 0.4) is 0 Å². The second kappa shape index (κ2) is 5.82. The minimum absolute atomic E-state index is 0.407. The van der Waals surface area contributed by atoms with E-state index in [0.29, 0.717) is 12.1 Å². The van der Waals surface area contributed by atoms with Crippen LogP contribution in [0.1, 0.15) is 44.2 Å². The molecule has 3 heteroatoms. The maximum atomic E-state index is 5.95. The molecule has 0 amide bonds. The lowest BCUT2D eigenvalue weighted by Gasteiger charge is -2.34. The van der Waals surface area contributed by atoms with Crippen LogP contribution in [-0.2, 0) is 0 Å². The number of rotatable bonds is 3. The minimum Gasteiger partial charge on any atom is -0.306 e. The second-order valence-electron chi connectivity index (χ2n) is 5.93. The van der Waals surface area contributed by atoms with Crippen LogP contribution in [0, 0.1) is 0 Å². The highest BCUT2D eigenvalue weighted by molar-refractivity contribution is 6.30. The van der Waals surface area contributed by atoms with Gasteiger partial charge in [0, 0.05) is 29.7 Å². The fraction of sp³-hybridized carbons (Fsp3) is 0.625. The van der Waals surface area contributed by atoms with Crippen molar-refractivity contribution in [1.82, 2.24) is 10.2 Å². The van der Waals surface area contributed by atoms with Gasteiger partial charge in [-0.15, -0.1) is 0 Å². The summed E-state index contributed by atoms with van der Waals surface area (Å²) in [5, 5.41) is 4.64. The Balaban J connectivity index is 1.63. The largest absolute Gasteiger partial charge is 0.306 e. The van der Waals surface area contributed by atoms with Crippen molar-refractivity contribution in [1.29, 1.82) is 0 Å². The molecule has 2 unspecified atom stereocenters. The molecule has 0 spiro atoms. The van der Waals surface area contributed by atoms with Crippen LogP contribution in [0.25, 0.3) is 0 Å². The number of benzene rings is 1. The van der Waals surface area contributed by atoms with Crippen molar-refractivity contribution in [3.63, 3.8) is 0 Å². The number of halogens is 1. The molecule has 0 aliphatic carbocycles. The number of fused-ring (bicyclic) bond motifs is 1. The third kappa shape index (κ3) is 2.96. The Bertz CT molecular complexity index is 417. The first kappa shape index (κ1) is 13.4. The Morgan fingerprint density at radius 3 is 2.74 bits per heavy atom. The van der Waals surface area contributed by atoms with Crippen LogP contribution < -0.4 is 5.32 Å². The van der Waals surface area contributed by atoms with Crippen LogP contribution in [0.5, 0.6) is 0 Å². The summed E-state index contributed by atoms with van der Waals surface area (Å²) >= 11 is 5.95. The van der Waals surface area contributed by atoms with Crippen molar-refractivity contribution in [3.8, 4) is 0 Å². The van der Waals surface area contributed by atoms with Gasteiger partial charge in [-0.3, -0.25) is 4.90 Å². The van der Waals surface area contributed by atoms with Crippen LogP contribution in [0.4, 0.5) is 0 Å². The van der Waals surface area contributed by atoms with Gasteiger partial charge in [0.15, 0.2) is 0 Å². The van der Waals surface area contributed by atoms with E-state index in [-0.39, 0.29) is 0 Å². The smallest absolute Gasteiger partial charge is 0.0406 e. The van der Waals surface area contributed by atoms with E-state index in [1.807, 2.05) is 12.1 Å². The quantitative estimate of drug-likeness (QED) is 0.909. The molecule has 104 valence electrons. The van der Waals surface area contributed by atoms with Crippen molar-refractivity contribution in [2.75, 3.05) is 13.1 Å². The van der Waals surface area contributed by atoms with Crippen molar-refractivity contribution < 1.29 is 0 Å². The maximum absolute atomic E-state index is 5.95. The maximum Gasteiger partial charge on any atom is 0.0406 e. The summed E-state index contributed by atoms with van der Waals surface area (Å²) in [6.07, 6.45) is 5.44. The predicted molar refractivity (Wildman–Crippen MR) is 80.6 cm³/mol. The first-order valence-electron chi connectivity index (χ1n) is 7.49. The highest BCUT2D eigenvalue weighted by Crippen LogP contribution is 2.29. The normalized spacial score (nSPS) is 29.2. The van der Waals surface area contributed by atoms with Crippen molar-refractivity contribution >= 4 is 11.6 Å². The molecule has 1 N–H and O–H groups in total. The lowest BCUT2D eigenvalue weighted by atomic mass is 9.97. The average molecular weight is 279 g/mol. The average Bonchev–Trinajstić information content (AvgIpc) is 2.83. The van der Waals surface area contributed by atoms with E-state index in [4.69, 9.17) is 11.6 Å². The van der Waals surface area contributed by atoms with Crippen LogP contribution >= 0.6 is 11.6 Å². The highest BCUT2D eigenvalue weighted by atomic mass is 35.5. The van der Waals surface area contributed by atoms with Gasteiger partial charge >= 0.3 is 0 Å². The number of nitrogens with zero attached hydrogens (tertiary/aromatic N) is 1. The minimum atomic E-state index is 0.407. The molecule has 0 radical (unpaired) electrons. The lowest BCUT2D eigenvalue weighted by molar-refractivity contribution is 0.177. The molecule has 2 nitrogen and oxygen atoms in total. The first-order valence-corrected chi connectivity index (χ1v) is 7.87. The van der Waals surface area contributed by atoms with Gasteiger partial charge in [-0.1, -0.05) is 30.2 Å². The molecule has 0 saturated carbocycles. The predicted octanol–water partition coefficient (Wildman–Crippen LogP) is 3.62. The second-order valence-corrected chi connectivity index (χ2v) is 6.37. The van der Waals surface area contributed by atoms with Gasteiger partial charge in [0.1, 0.15) is 0 Å². The molecule has 19 heavy (non-hydrogen) atoms. The Hall–Kier alpha value is -0.570. The fourth-order valence-electron chi connectivity index (χ4n) is 3.61. The van der Waals surface area contributed by atoms with Crippen molar-refractivity contribution in [2.24, 2.45) is 0 Å². The van der Waals surface area contributed by atoms with Crippen molar-refractivity contribution in [2.45, 2.75) is 50.7 Å². The molecule has 2 saturated heterocycles. The SMILES string of the molecule is C[C@@H](NC1CCN2CCCCC12)c1ccc(Cl)cc1. The zero-order chi connectivity index (χ0) is 13.2. The summed E-state index contributed by atoms with van der Waals surface area (Å²) in [4.78, 5) is 2.68. The Morgan fingerprint density at radius 2 is 1.95 bits per heavy atom. The monoisotopic (exact) mass is 278 g/mol. The third-order valence-electron chi connectivity index (χ3n) is 4.69. The van der Waals surface area contributed by atoms with E-state index < -0.39 is 0 Å².